The normalized spacial score (nSPS) is 21.3. The fraction of sp³-hybridized carbons (Fsp3) is 0.630. The van der Waals surface area contributed by atoms with Crippen LogP contribution in [-0.2, 0) is 16.8 Å². The lowest BCUT2D eigenvalue weighted by Gasteiger charge is -2.44. The van der Waals surface area contributed by atoms with Gasteiger partial charge < -0.3 is 10.6 Å². The fourth-order valence-electron chi connectivity index (χ4n) is 4.68. The zero-order chi connectivity index (χ0) is 24.8. The van der Waals surface area contributed by atoms with Crippen molar-refractivity contribution in [2.24, 2.45) is 11.3 Å². The number of urea groups is 1. The summed E-state index contributed by atoms with van der Waals surface area (Å²) in [4.78, 5) is 24.1. The molecule has 184 valence electrons. The van der Waals surface area contributed by atoms with Gasteiger partial charge in [0.2, 0.25) is 6.41 Å². The first-order valence-corrected chi connectivity index (χ1v) is 12.5. The number of amides is 3. The molecular weight excluding hydrogens is 434 g/mol. The summed E-state index contributed by atoms with van der Waals surface area (Å²) < 4.78 is 0. The van der Waals surface area contributed by atoms with Crippen LogP contribution in [0.2, 0.25) is 5.02 Å². The van der Waals surface area contributed by atoms with Crippen molar-refractivity contribution in [3.63, 3.8) is 0 Å². The Bertz CT molecular complexity index is 853. The molecule has 0 radical (unpaired) electrons. The number of hydrogen-bond acceptors (Lipinski definition) is 2. The molecule has 1 saturated carbocycles. The molecule has 3 rings (SSSR count). The molecule has 5 nitrogen and oxygen atoms in total. The van der Waals surface area contributed by atoms with E-state index in [0.29, 0.717) is 18.4 Å². The maximum absolute atomic E-state index is 13.0. The second-order valence-electron chi connectivity index (χ2n) is 10.9. The molecule has 1 heterocycles. The van der Waals surface area contributed by atoms with E-state index in [9.17, 15) is 4.79 Å². The van der Waals surface area contributed by atoms with E-state index in [1.54, 1.807) is 7.05 Å². The first kappa shape index (κ1) is 27.2. The minimum atomic E-state index is -0.535. The van der Waals surface area contributed by atoms with Gasteiger partial charge in [-0.25, -0.2) is 4.79 Å². The summed E-state index contributed by atoms with van der Waals surface area (Å²) in [5.41, 5.74) is 3.22. The number of benzene rings is 1. The summed E-state index contributed by atoms with van der Waals surface area (Å²) >= 11 is 6.69. The third-order valence-corrected chi connectivity index (χ3v) is 7.03. The first-order valence-electron chi connectivity index (χ1n) is 12.2. The van der Waals surface area contributed by atoms with Gasteiger partial charge in [0, 0.05) is 24.3 Å². The van der Waals surface area contributed by atoms with Crippen LogP contribution in [0.15, 0.2) is 30.0 Å². The van der Waals surface area contributed by atoms with E-state index in [1.807, 2.05) is 4.90 Å². The summed E-state index contributed by atoms with van der Waals surface area (Å²) in [6, 6.07) is 6.68. The molecule has 1 aliphatic carbocycles. The molecule has 0 bridgehead atoms. The lowest BCUT2D eigenvalue weighted by Crippen LogP contribution is -2.56. The van der Waals surface area contributed by atoms with Gasteiger partial charge in [0.1, 0.15) is 0 Å². The van der Waals surface area contributed by atoms with E-state index < -0.39 is 5.54 Å². The van der Waals surface area contributed by atoms with E-state index in [-0.39, 0.29) is 11.4 Å². The van der Waals surface area contributed by atoms with E-state index in [1.165, 1.54) is 24.0 Å². The Morgan fingerprint density at radius 2 is 1.88 bits per heavy atom. The number of aryl methyl sites for hydroxylation is 1. The van der Waals surface area contributed by atoms with Crippen molar-refractivity contribution in [1.29, 1.82) is 0 Å². The zero-order valence-electron chi connectivity index (χ0n) is 21.4. The fourth-order valence-corrected chi connectivity index (χ4v) is 4.95. The van der Waals surface area contributed by atoms with Gasteiger partial charge in [-0.2, -0.15) is 0 Å². The largest absolute Gasteiger partial charge is 0.362 e. The molecule has 3 amide bonds. The highest BCUT2D eigenvalue weighted by Crippen LogP contribution is 2.40. The van der Waals surface area contributed by atoms with Gasteiger partial charge in [-0.1, -0.05) is 71.2 Å². The van der Waals surface area contributed by atoms with E-state index >= 15 is 0 Å². The molecular formula is C27H42ClN3O2. The van der Waals surface area contributed by atoms with Gasteiger partial charge in [0.25, 0.3) is 0 Å². The van der Waals surface area contributed by atoms with Crippen LogP contribution >= 0.6 is 11.6 Å². The quantitative estimate of drug-likeness (QED) is 0.467. The zero-order valence-corrected chi connectivity index (χ0v) is 22.2. The third-order valence-electron chi connectivity index (χ3n) is 6.68. The van der Waals surface area contributed by atoms with Gasteiger partial charge in [-0.15, -0.1) is 0 Å². The van der Waals surface area contributed by atoms with Crippen LogP contribution in [0, 0.1) is 11.3 Å². The van der Waals surface area contributed by atoms with Gasteiger partial charge in [-0.3, -0.25) is 9.69 Å². The lowest BCUT2D eigenvalue weighted by atomic mass is 9.77. The highest BCUT2D eigenvalue weighted by molar-refractivity contribution is 6.31. The van der Waals surface area contributed by atoms with Gasteiger partial charge in [0.15, 0.2) is 0 Å². The van der Waals surface area contributed by atoms with Gasteiger partial charge in [-0.05, 0) is 66.7 Å². The maximum atomic E-state index is 13.0. The van der Waals surface area contributed by atoms with Crippen molar-refractivity contribution in [3.8, 4) is 0 Å². The van der Waals surface area contributed by atoms with Crippen LogP contribution in [0.3, 0.4) is 0 Å². The Balaban J connectivity index is 0.000000890. The topological polar surface area (TPSA) is 61.4 Å². The SMILES string of the molecule is CC(C)C1=CN(C2CCCC2)C(=O)N[C@@]1(C)c1ccc(CCC(C)(C)C)c(Cl)c1.CNC=O. The van der Waals surface area contributed by atoms with Crippen molar-refractivity contribution >= 4 is 24.0 Å². The van der Waals surface area contributed by atoms with Crippen molar-refractivity contribution in [2.45, 2.75) is 91.6 Å². The number of halogens is 1. The van der Waals surface area contributed by atoms with Gasteiger partial charge in [0.05, 0.1) is 5.54 Å². The number of carbonyl (C=O) groups excluding carboxylic acids is 2. The average Bonchev–Trinajstić information content (AvgIpc) is 3.26. The molecule has 2 N–H and O–H groups in total. The Morgan fingerprint density at radius 3 is 2.36 bits per heavy atom. The third kappa shape index (κ3) is 6.99. The van der Waals surface area contributed by atoms with E-state index in [2.05, 4.69) is 76.6 Å². The van der Waals surface area contributed by atoms with Crippen molar-refractivity contribution in [2.75, 3.05) is 7.05 Å². The second kappa shape index (κ2) is 11.4. The van der Waals surface area contributed by atoms with Crippen LogP contribution in [0.4, 0.5) is 4.79 Å². The average molecular weight is 476 g/mol. The Labute approximate surface area is 205 Å². The van der Waals surface area contributed by atoms with Crippen molar-refractivity contribution in [3.05, 3.63) is 46.1 Å². The number of nitrogens with one attached hydrogen (secondary N) is 2. The van der Waals surface area contributed by atoms with Crippen LogP contribution < -0.4 is 10.6 Å². The summed E-state index contributed by atoms with van der Waals surface area (Å²) in [5, 5.41) is 6.38. The molecule has 6 heteroatoms. The second-order valence-corrected chi connectivity index (χ2v) is 11.3. The van der Waals surface area contributed by atoms with Crippen LogP contribution in [0.25, 0.3) is 0 Å². The minimum Gasteiger partial charge on any atom is -0.362 e. The Kier molecular flexibility index (Phi) is 9.42. The number of carbonyl (C=O) groups is 2. The summed E-state index contributed by atoms with van der Waals surface area (Å²) in [7, 11) is 1.56. The van der Waals surface area contributed by atoms with Crippen LogP contribution in [-0.4, -0.2) is 30.4 Å². The summed E-state index contributed by atoms with van der Waals surface area (Å²) in [6.45, 7) is 13.3. The van der Waals surface area contributed by atoms with Crippen LogP contribution in [0.5, 0.6) is 0 Å². The molecule has 1 fully saturated rings. The lowest BCUT2D eigenvalue weighted by molar-refractivity contribution is -0.109. The molecule has 0 aromatic heterocycles. The van der Waals surface area contributed by atoms with Crippen LogP contribution in [0.1, 0.15) is 84.8 Å². The number of rotatable bonds is 6. The smallest absolute Gasteiger partial charge is 0.322 e. The van der Waals surface area contributed by atoms with Gasteiger partial charge >= 0.3 is 6.03 Å². The van der Waals surface area contributed by atoms with E-state index in [0.717, 1.165) is 36.3 Å². The predicted molar refractivity (Wildman–Crippen MR) is 137 cm³/mol. The highest BCUT2D eigenvalue weighted by atomic mass is 35.5. The number of nitrogens with zero attached hydrogens (tertiary/aromatic N) is 1. The van der Waals surface area contributed by atoms with E-state index in [4.69, 9.17) is 16.4 Å². The standard InChI is InChI=1S/C25H37ClN2O.C2H5NO/c1-17(2)21-16-28(20-9-7-8-10-20)23(29)27-25(21,6)19-12-11-18(22(26)15-19)13-14-24(3,4)5;1-3-2-4/h11-12,15-17,20H,7-10,13-14H2,1-6H3,(H,27,29);2H,1H3,(H,3,4)/t25-;/m0./s1. The molecule has 0 saturated heterocycles. The molecule has 1 aromatic carbocycles. The molecule has 1 atom stereocenters. The Hall–Kier alpha value is -2.01. The molecule has 0 unspecified atom stereocenters. The molecule has 2 aliphatic rings. The summed E-state index contributed by atoms with van der Waals surface area (Å²) in [5.74, 6) is 0.323. The maximum Gasteiger partial charge on any atom is 0.322 e. The highest BCUT2D eigenvalue weighted by Gasteiger charge is 2.41. The van der Waals surface area contributed by atoms with Crippen molar-refractivity contribution < 1.29 is 9.59 Å². The monoisotopic (exact) mass is 475 g/mol. The van der Waals surface area contributed by atoms with Crippen molar-refractivity contribution in [1.82, 2.24) is 15.5 Å². The molecule has 1 aliphatic heterocycles. The Morgan fingerprint density at radius 1 is 1.27 bits per heavy atom. The molecule has 33 heavy (non-hydrogen) atoms. The molecule has 0 spiro atoms. The minimum absolute atomic E-state index is 0.0109. The predicted octanol–water partition coefficient (Wildman–Crippen LogP) is 6.40. The number of hydrogen-bond donors (Lipinski definition) is 2. The molecule has 1 aromatic rings. The summed E-state index contributed by atoms with van der Waals surface area (Å²) in [6.07, 6.45) is 9.42. The first-order chi connectivity index (χ1) is 15.4.